The Bertz CT molecular complexity index is 216. The Morgan fingerprint density at radius 3 is 2.71 bits per heavy atom. The highest BCUT2D eigenvalue weighted by Gasteiger charge is 2.09. The van der Waals surface area contributed by atoms with Crippen LogP contribution in [0.25, 0.3) is 0 Å². The van der Waals surface area contributed by atoms with E-state index in [-0.39, 0.29) is 12.3 Å². The molecule has 1 heterocycles. The summed E-state index contributed by atoms with van der Waals surface area (Å²) in [5.74, 6) is -0.162. The summed E-state index contributed by atoms with van der Waals surface area (Å²) in [7, 11) is 0. The molecule has 1 N–H and O–H groups in total. The van der Waals surface area contributed by atoms with Crippen LogP contribution in [0.1, 0.15) is 25.7 Å². The Kier molecular flexibility index (Phi) is 5.02. The minimum atomic E-state index is -0.162. The van der Waals surface area contributed by atoms with Crippen LogP contribution < -0.4 is 5.32 Å². The molecule has 0 aromatic carbocycles. The maximum Gasteiger partial charge on any atom is 0.234 e. The summed E-state index contributed by atoms with van der Waals surface area (Å²) in [5, 5.41) is 11.0. The first-order chi connectivity index (χ1) is 6.83. The highest BCUT2D eigenvalue weighted by atomic mass is 16.1. The fraction of sp³-hybridized carbons (Fsp3) is 0.800. The van der Waals surface area contributed by atoms with Crippen LogP contribution in [0.5, 0.6) is 0 Å². The minimum Gasteiger partial charge on any atom is -0.354 e. The summed E-state index contributed by atoms with van der Waals surface area (Å²) < 4.78 is 0. The smallest absolute Gasteiger partial charge is 0.234 e. The van der Waals surface area contributed by atoms with Crippen LogP contribution >= 0.6 is 0 Å². The van der Waals surface area contributed by atoms with E-state index in [2.05, 4.69) is 10.2 Å². The number of rotatable bonds is 4. The molecule has 78 valence electrons. The third kappa shape index (κ3) is 4.24. The molecule has 0 bridgehead atoms. The summed E-state index contributed by atoms with van der Waals surface area (Å²) in [4.78, 5) is 13.3. The van der Waals surface area contributed by atoms with Crippen molar-refractivity contribution in [3.63, 3.8) is 0 Å². The number of hydrogen-bond acceptors (Lipinski definition) is 3. The Hall–Kier alpha value is -1.08. The molecule has 0 aliphatic carbocycles. The molecule has 0 radical (unpaired) electrons. The van der Waals surface area contributed by atoms with Gasteiger partial charge in [0.1, 0.15) is 6.42 Å². The standard InChI is InChI=1S/C10H17N3O/c11-5-4-10(14)12-6-9-13-7-2-1-3-8-13/h1-4,6-9H2,(H,12,14). The monoisotopic (exact) mass is 195 g/mol. The fourth-order valence-corrected chi connectivity index (χ4v) is 1.67. The van der Waals surface area contributed by atoms with E-state index in [0.29, 0.717) is 6.54 Å². The van der Waals surface area contributed by atoms with Crippen LogP contribution in [0.15, 0.2) is 0 Å². The van der Waals surface area contributed by atoms with Crippen LogP contribution in [-0.4, -0.2) is 37.0 Å². The fourth-order valence-electron chi connectivity index (χ4n) is 1.67. The molecule has 4 nitrogen and oxygen atoms in total. The largest absolute Gasteiger partial charge is 0.354 e. The van der Waals surface area contributed by atoms with Crippen molar-refractivity contribution in [2.75, 3.05) is 26.2 Å². The Labute approximate surface area is 84.9 Å². The van der Waals surface area contributed by atoms with Crippen molar-refractivity contribution < 1.29 is 4.79 Å². The van der Waals surface area contributed by atoms with Gasteiger partial charge in [-0.15, -0.1) is 0 Å². The van der Waals surface area contributed by atoms with Gasteiger partial charge in [-0.3, -0.25) is 4.79 Å². The van der Waals surface area contributed by atoms with Crippen molar-refractivity contribution in [1.29, 1.82) is 5.26 Å². The zero-order chi connectivity index (χ0) is 10.2. The van der Waals surface area contributed by atoms with Crippen LogP contribution in [0.4, 0.5) is 0 Å². The van der Waals surface area contributed by atoms with E-state index in [1.807, 2.05) is 6.07 Å². The molecule has 1 amide bonds. The molecule has 4 heteroatoms. The van der Waals surface area contributed by atoms with E-state index in [9.17, 15) is 4.79 Å². The normalized spacial score (nSPS) is 17.4. The van der Waals surface area contributed by atoms with Crippen LogP contribution in [0.3, 0.4) is 0 Å². The van der Waals surface area contributed by atoms with E-state index in [1.54, 1.807) is 0 Å². The highest BCUT2D eigenvalue weighted by molar-refractivity contribution is 5.77. The quantitative estimate of drug-likeness (QED) is 0.710. The van der Waals surface area contributed by atoms with Gasteiger partial charge in [0.05, 0.1) is 6.07 Å². The predicted molar refractivity (Wildman–Crippen MR) is 53.5 cm³/mol. The lowest BCUT2D eigenvalue weighted by Crippen LogP contribution is -2.37. The van der Waals surface area contributed by atoms with Gasteiger partial charge in [-0.25, -0.2) is 0 Å². The van der Waals surface area contributed by atoms with Crippen molar-refractivity contribution >= 4 is 5.91 Å². The second kappa shape index (κ2) is 6.39. The number of nitrogens with zero attached hydrogens (tertiary/aromatic N) is 2. The number of carbonyl (C=O) groups excluding carboxylic acids is 1. The van der Waals surface area contributed by atoms with Gasteiger partial charge in [-0.1, -0.05) is 6.42 Å². The molecular weight excluding hydrogens is 178 g/mol. The summed E-state index contributed by atoms with van der Waals surface area (Å²) in [5.41, 5.74) is 0. The second-order valence-electron chi connectivity index (χ2n) is 3.59. The van der Waals surface area contributed by atoms with E-state index >= 15 is 0 Å². The van der Waals surface area contributed by atoms with E-state index < -0.39 is 0 Å². The number of amides is 1. The first-order valence-corrected chi connectivity index (χ1v) is 5.19. The first-order valence-electron chi connectivity index (χ1n) is 5.19. The van der Waals surface area contributed by atoms with Crippen molar-refractivity contribution in [3.05, 3.63) is 0 Å². The number of hydrogen-bond donors (Lipinski definition) is 1. The molecule has 0 atom stereocenters. The third-order valence-corrected chi connectivity index (χ3v) is 2.44. The molecule has 1 aliphatic heterocycles. The van der Waals surface area contributed by atoms with E-state index in [4.69, 9.17) is 5.26 Å². The van der Waals surface area contributed by atoms with Gasteiger partial charge >= 0.3 is 0 Å². The van der Waals surface area contributed by atoms with Crippen LogP contribution in [0, 0.1) is 11.3 Å². The molecule has 0 aromatic heterocycles. The molecule has 1 saturated heterocycles. The highest BCUT2D eigenvalue weighted by Crippen LogP contribution is 2.07. The van der Waals surface area contributed by atoms with Crippen molar-refractivity contribution in [1.82, 2.24) is 10.2 Å². The Morgan fingerprint density at radius 2 is 2.07 bits per heavy atom. The molecule has 0 saturated carbocycles. The number of nitriles is 1. The van der Waals surface area contributed by atoms with Crippen molar-refractivity contribution in [2.45, 2.75) is 25.7 Å². The average Bonchev–Trinajstić information content (AvgIpc) is 2.20. The zero-order valence-electron chi connectivity index (χ0n) is 8.46. The Morgan fingerprint density at radius 1 is 1.36 bits per heavy atom. The lowest BCUT2D eigenvalue weighted by molar-refractivity contribution is -0.120. The van der Waals surface area contributed by atoms with Gasteiger partial charge in [0.15, 0.2) is 0 Å². The molecular formula is C10H17N3O. The van der Waals surface area contributed by atoms with Crippen molar-refractivity contribution in [3.8, 4) is 6.07 Å². The van der Waals surface area contributed by atoms with Crippen LogP contribution in [0.2, 0.25) is 0 Å². The summed E-state index contributed by atoms with van der Waals surface area (Å²) in [6.45, 7) is 3.87. The number of likely N-dealkylation sites (tertiary alicyclic amines) is 1. The SMILES string of the molecule is N#CCC(=O)NCCN1CCCCC1. The maximum atomic E-state index is 10.9. The number of carbonyl (C=O) groups is 1. The lowest BCUT2D eigenvalue weighted by atomic mass is 10.1. The minimum absolute atomic E-state index is 0.0278. The van der Waals surface area contributed by atoms with Gasteiger partial charge in [-0.2, -0.15) is 5.26 Å². The Balaban J connectivity index is 2.03. The second-order valence-corrected chi connectivity index (χ2v) is 3.59. The number of piperidine rings is 1. The molecule has 0 spiro atoms. The molecule has 0 aromatic rings. The topological polar surface area (TPSA) is 56.1 Å². The molecule has 1 rings (SSSR count). The zero-order valence-corrected chi connectivity index (χ0v) is 8.46. The van der Waals surface area contributed by atoms with Gasteiger partial charge in [0.2, 0.25) is 5.91 Å². The molecule has 1 aliphatic rings. The van der Waals surface area contributed by atoms with Crippen molar-refractivity contribution in [2.24, 2.45) is 0 Å². The third-order valence-electron chi connectivity index (χ3n) is 2.44. The van der Waals surface area contributed by atoms with E-state index in [0.717, 1.165) is 19.6 Å². The predicted octanol–water partition coefficient (Wildman–Crippen LogP) is 0.502. The van der Waals surface area contributed by atoms with Gasteiger partial charge in [0.25, 0.3) is 0 Å². The summed E-state index contributed by atoms with van der Waals surface area (Å²) >= 11 is 0. The van der Waals surface area contributed by atoms with Gasteiger partial charge < -0.3 is 10.2 Å². The lowest BCUT2D eigenvalue weighted by Gasteiger charge is -2.26. The van der Waals surface area contributed by atoms with E-state index in [1.165, 1.54) is 19.3 Å². The molecule has 0 unspecified atom stereocenters. The molecule has 1 fully saturated rings. The van der Waals surface area contributed by atoms with Gasteiger partial charge in [-0.05, 0) is 25.9 Å². The van der Waals surface area contributed by atoms with Gasteiger partial charge in [0, 0.05) is 13.1 Å². The average molecular weight is 195 g/mol. The number of nitrogens with one attached hydrogen (secondary N) is 1. The van der Waals surface area contributed by atoms with Crippen LogP contribution in [-0.2, 0) is 4.79 Å². The first kappa shape index (κ1) is 11.0. The summed E-state index contributed by atoms with van der Waals surface area (Å²) in [6.07, 6.45) is 3.84. The molecule has 14 heavy (non-hydrogen) atoms. The maximum absolute atomic E-state index is 10.9. The summed E-state index contributed by atoms with van der Waals surface area (Å²) in [6, 6.07) is 1.83.